The van der Waals surface area contributed by atoms with Crippen molar-refractivity contribution in [3.8, 4) is 0 Å². The van der Waals surface area contributed by atoms with Crippen LogP contribution in [0.1, 0.15) is 11.1 Å². The minimum Gasteiger partial charge on any atom is -0.395 e. The Balaban J connectivity index is 2.58. The maximum atomic E-state index is 8.91. The zero-order valence-electron chi connectivity index (χ0n) is 9.83. The van der Waals surface area contributed by atoms with Crippen molar-refractivity contribution in [3.05, 3.63) is 29.3 Å². The van der Waals surface area contributed by atoms with E-state index in [4.69, 9.17) is 10.2 Å². The van der Waals surface area contributed by atoms with Gasteiger partial charge in [-0.15, -0.1) is 0 Å². The van der Waals surface area contributed by atoms with Crippen molar-refractivity contribution in [2.45, 2.75) is 19.5 Å². The van der Waals surface area contributed by atoms with E-state index in [2.05, 4.69) is 16.7 Å². The maximum Gasteiger partial charge on any atom is 0.0607 e. The second-order valence-electron chi connectivity index (χ2n) is 3.84. The summed E-state index contributed by atoms with van der Waals surface area (Å²) in [4.78, 5) is 0. The van der Waals surface area contributed by atoms with Gasteiger partial charge in [0.15, 0.2) is 0 Å². The summed E-state index contributed by atoms with van der Waals surface area (Å²) in [7, 11) is 1.90. The Morgan fingerprint density at radius 3 is 2.44 bits per heavy atom. The smallest absolute Gasteiger partial charge is 0.0607 e. The second kappa shape index (κ2) is 6.48. The van der Waals surface area contributed by atoms with E-state index in [1.54, 1.807) is 0 Å². The molecule has 0 saturated heterocycles. The molecule has 0 aliphatic rings. The molecule has 16 heavy (non-hydrogen) atoms. The normalized spacial score (nSPS) is 10.8. The van der Waals surface area contributed by atoms with Crippen LogP contribution in [0.4, 0.5) is 5.69 Å². The maximum absolute atomic E-state index is 8.91. The Morgan fingerprint density at radius 2 is 1.94 bits per heavy atom. The predicted molar refractivity (Wildman–Crippen MR) is 65.5 cm³/mol. The van der Waals surface area contributed by atoms with Gasteiger partial charge in [0, 0.05) is 19.3 Å². The molecule has 1 rings (SSSR count). The van der Waals surface area contributed by atoms with Crippen LogP contribution in [0.15, 0.2) is 18.2 Å². The molecule has 4 nitrogen and oxygen atoms in total. The van der Waals surface area contributed by atoms with Gasteiger partial charge in [-0.1, -0.05) is 12.1 Å². The summed E-state index contributed by atoms with van der Waals surface area (Å²) in [6.45, 7) is 2.59. The third kappa shape index (κ3) is 3.48. The first kappa shape index (κ1) is 13.0. The van der Waals surface area contributed by atoms with Crippen LogP contribution in [0.2, 0.25) is 0 Å². The van der Waals surface area contributed by atoms with Crippen molar-refractivity contribution in [3.63, 3.8) is 0 Å². The molecule has 0 spiro atoms. The summed E-state index contributed by atoms with van der Waals surface area (Å²) < 4.78 is 0. The number of anilines is 1. The average molecular weight is 224 g/mol. The quantitative estimate of drug-likeness (QED) is 0.567. The van der Waals surface area contributed by atoms with Crippen LogP contribution < -0.4 is 10.6 Å². The lowest BCUT2D eigenvalue weighted by Crippen LogP contribution is -2.35. The summed E-state index contributed by atoms with van der Waals surface area (Å²) >= 11 is 0. The standard InChI is InChI=1S/C12H20N2O2/c1-9-5-10(3-4-12(9)13-2)6-14-11(7-15)8-16/h3-5,11,13-16H,6-8H2,1-2H3. The predicted octanol–water partition coefficient (Wildman–Crippen LogP) is 0.480. The molecule has 1 aromatic rings. The highest BCUT2D eigenvalue weighted by molar-refractivity contribution is 5.51. The summed E-state index contributed by atoms with van der Waals surface area (Å²) in [5, 5.41) is 24.0. The van der Waals surface area contributed by atoms with E-state index in [0.29, 0.717) is 6.54 Å². The first-order valence-electron chi connectivity index (χ1n) is 5.43. The largest absolute Gasteiger partial charge is 0.395 e. The topological polar surface area (TPSA) is 64.5 Å². The summed E-state index contributed by atoms with van der Waals surface area (Å²) in [5.41, 5.74) is 3.44. The molecule has 0 fully saturated rings. The minimum absolute atomic E-state index is 0.0515. The van der Waals surface area contributed by atoms with Crippen LogP contribution in [0.3, 0.4) is 0 Å². The lowest BCUT2D eigenvalue weighted by atomic mass is 10.1. The number of benzene rings is 1. The number of aliphatic hydroxyl groups excluding tert-OH is 2. The average Bonchev–Trinajstić information content (AvgIpc) is 2.30. The monoisotopic (exact) mass is 224 g/mol. The van der Waals surface area contributed by atoms with Gasteiger partial charge in [-0.05, 0) is 24.1 Å². The van der Waals surface area contributed by atoms with Crippen molar-refractivity contribution in [2.75, 3.05) is 25.6 Å². The van der Waals surface area contributed by atoms with Crippen LogP contribution in [0, 0.1) is 6.92 Å². The molecule has 0 amide bonds. The van der Waals surface area contributed by atoms with Crippen LogP contribution in [-0.4, -0.2) is 36.5 Å². The fraction of sp³-hybridized carbons (Fsp3) is 0.500. The first-order valence-corrected chi connectivity index (χ1v) is 5.43. The Bertz CT molecular complexity index is 325. The number of rotatable bonds is 6. The van der Waals surface area contributed by atoms with Gasteiger partial charge in [0.05, 0.1) is 19.3 Å². The molecule has 0 atom stereocenters. The van der Waals surface area contributed by atoms with Gasteiger partial charge in [-0.3, -0.25) is 0 Å². The molecule has 0 unspecified atom stereocenters. The van der Waals surface area contributed by atoms with Crippen LogP contribution in [0.5, 0.6) is 0 Å². The third-order valence-corrected chi connectivity index (χ3v) is 2.60. The van der Waals surface area contributed by atoms with Crippen molar-refractivity contribution in [2.24, 2.45) is 0 Å². The first-order chi connectivity index (χ1) is 7.71. The van der Waals surface area contributed by atoms with E-state index in [-0.39, 0.29) is 19.3 Å². The van der Waals surface area contributed by atoms with Crippen molar-refractivity contribution in [1.29, 1.82) is 0 Å². The lowest BCUT2D eigenvalue weighted by molar-refractivity contribution is 0.170. The van der Waals surface area contributed by atoms with Gasteiger partial charge in [0.1, 0.15) is 0 Å². The molecule has 0 heterocycles. The van der Waals surface area contributed by atoms with E-state index in [0.717, 1.165) is 11.3 Å². The van der Waals surface area contributed by atoms with Crippen molar-refractivity contribution < 1.29 is 10.2 Å². The molecule has 0 aliphatic carbocycles. The summed E-state index contributed by atoms with van der Waals surface area (Å²) in [6.07, 6.45) is 0. The molecule has 90 valence electrons. The molecule has 0 radical (unpaired) electrons. The van der Waals surface area contributed by atoms with Gasteiger partial charge in [-0.2, -0.15) is 0 Å². The molecule has 4 heteroatoms. The third-order valence-electron chi connectivity index (χ3n) is 2.60. The highest BCUT2D eigenvalue weighted by atomic mass is 16.3. The zero-order valence-corrected chi connectivity index (χ0v) is 9.83. The van der Waals surface area contributed by atoms with Crippen LogP contribution >= 0.6 is 0 Å². The van der Waals surface area contributed by atoms with Gasteiger partial charge in [0.25, 0.3) is 0 Å². The molecule has 1 aromatic carbocycles. The Kier molecular flexibility index (Phi) is 5.25. The zero-order chi connectivity index (χ0) is 12.0. The molecule has 0 bridgehead atoms. The summed E-state index contributed by atoms with van der Waals surface area (Å²) in [5.74, 6) is 0. The highest BCUT2D eigenvalue weighted by Gasteiger charge is 2.05. The Morgan fingerprint density at radius 1 is 1.25 bits per heavy atom. The van der Waals surface area contributed by atoms with Gasteiger partial charge in [-0.25, -0.2) is 0 Å². The van der Waals surface area contributed by atoms with Crippen molar-refractivity contribution >= 4 is 5.69 Å². The van der Waals surface area contributed by atoms with Gasteiger partial charge >= 0.3 is 0 Å². The second-order valence-corrected chi connectivity index (χ2v) is 3.84. The lowest BCUT2D eigenvalue weighted by Gasteiger charge is -2.14. The molecule has 0 aromatic heterocycles. The summed E-state index contributed by atoms with van der Waals surface area (Å²) in [6, 6.07) is 5.89. The van der Waals surface area contributed by atoms with Gasteiger partial charge in [0.2, 0.25) is 0 Å². The molecule has 4 N–H and O–H groups in total. The van der Waals surface area contributed by atoms with Crippen LogP contribution in [-0.2, 0) is 6.54 Å². The molecular formula is C12H20N2O2. The number of hydrogen-bond donors (Lipinski definition) is 4. The molecule has 0 saturated carbocycles. The van der Waals surface area contributed by atoms with E-state index >= 15 is 0 Å². The minimum atomic E-state index is -0.246. The van der Waals surface area contributed by atoms with Crippen molar-refractivity contribution in [1.82, 2.24) is 5.32 Å². The van der Waals surface area contributed by atoms with E-state index in [1.807, 2.05) is 26.1 Å². The fourth-order valence-corrected chi connectivity index (χ4v) is 1.57. The SMILES string of the molecule is CNc1ccc(CNC(CO)CO)cc1C. The van der Waals surface area contributed by atoms with E-state index < -0.39 is 0 Å². The molecule has 0 aliphatic heterocycles. The number of aryl methyl sites for hydroxylation is 1. The molecular weight excluding hydrogens is 204 g/mol. The van der Waals surface area contributed by atoms with E-state index in [1.165, 1.54) is 5.56 Å². The number of hydrogen-bond acceptors (Lipinski definition) is 4. The number of nitrogens with one attached hydrogen (secondary N) is 2. The van der Waals surface area contributed by atoms with Crippen LogP contribution in [0.25, 0.3) is 0 Å². The highest BCUT2D eigenvalue weighted by Crippen LogP contribution is 2.15. The van der Waals surface area contributed by atoms with E-state index in [9.17, 15) is 0 Å². The Labute approximate surface area is 96.3 Å². The Hall–Kier alpha value is -1.10. The fourth-order valence-electron chi connectivity index (χ4n) is 1.57. The van der Waals surface area contributed by atoms with Gasteiger partial charge < -0.3 is 20.8 Å². The number of aliphatic hydroxyl groups is 2.